The molecule has 0 saturated carbocycles. The predicted molar refractivity (Wildman–Crippen MR) is 112 cm³/mol. The molecule has 1 aromatic heterocycles. The Morgan fingerprint density at radius 3 is 2.70 bits per heavy atom. The van der Waals surface area contributed by atoms with Crippen LogP contribution in [0.2, 0.25) is 0 Å². The third kappa shape index (κ3) is 3.65. The van der Waals surface area contributed by atoms with Crippen molar-refractivity contribution in [1.82, 2.24) is 4.98 Å². The average molecular weight is 408 g/mol. The topological polar surface area (TPSA) is 84.0 Å². The molecule has 0 aliphatic carbocycles. The standard InChI is InChI=1S/C22H24N4O4/c27-21-10-15(13-26(21)17-5-6-18-19(11-17)30-14-29-18)22(28)24-16-4-7-20(23-12-16)25-8-2-1-3-9-25/h4-7,11-12,15H,1-3,8-10,13-14H2,(H,24,28)/t15-/m1/s1. The fourth-order valence-electron chi connectivity index (χ4n) is 4.20. The molecule has 8 heteroatoms. The maximum absolute atomic E-state index is 12.7. The molecule has 1 aromatic carbocycles. The van der Waals surface area contributed by atoms with Crippen LogP contribution in [0.15, 0.2) is 36.5 Å². The first-order valence-electron chi connectivity index (χ1n) is 10.4. The van der Waals surface area contributed by atoms with E-state index < -0.39 is 5.92 Å². The van der Waals surface area contributed by atoms with Gasteiger partial charge in [0.25, 0.3) is 0 Å². The molecular formula is C22H24N4O4. The lowest BCUT2D eigenvalue weighted by Crippen LogP contribution is -2.30. The lowest BCUT2D eigenvalue weighted by Gasteiger charge is -2.27. The smallest absolute Gasteiger partial charge is 0.231 e. The number of fused-ring (bicyclic) bond motifs is 1. The maximum Gasteiger partial charge on any atom is 0.231 e. The van der Waals surface area contributed by atoms with Crippen LogP contribution in [0.3, 0.4) is 0 Å². The number of carbonyl (C=O) groups is 2. The van der Waals surface area contributed by atoms with Crippen LogP contribution in [0.1, 0.15) is 25.7 Å². The van der Waals surface area contributed by atoms with E-state index in [1.54, 1.807) is 23.2 Å². The van der Waals surface area contributed by atoms with Gasteiger partial charge in [-0.3, -0.25) is 9.59 Å². The van der Waals surface area contributed by atoms with Crippen LogP contribution >= 0.6 is 0 Å². The van der Waals surface area contributed by atoms with Crippen molar-refractivity contribution in [3.05, 3.63) is 36.5 Å². The van der Waals surface area contributed by atoms with Crippen LogP contribution in [0.5, 0.6) is 11.5 Å². The van der Waals surface area contributed by atoms with E-state index in [0.717, 1.165) is 18.9 Å². The van der Waals surface area contributed by atoms with Crippen LogP contribution in [0.4, 0.5) is 17.2 Å². The fraction of sp³-hybridized carbons (Fsp3) is 0.409. The maximum atomic E-state index is 12.7. The van der Waals surface area contributed by atoms with Gasteiger partial charge in [0.1, 0.15) is 5.82 Å². The van der Waals surface area contributed by atoms with Crippen molar-refractivity contribution in [3.8, 4) is 11.5 Å². The van der Waals surface area contributed by atoms with Gasteiger partial charge in [-0.1, -0.05) is 0 Å². The number of pyridine rings is 1. The summed E-state index contributed by atoms with van der Waals surface area (Å²) in [5, 5.41) is 2.90. The molecule has 2 amide bonds. The van der Waals surface area contributed by atoms with Gasteiger partial charge < -0.3 is 24.6 Å². The van der Waals surface area contributed by atoms with E-state index in [1.807, 2.05) is 18.2 Å². The Hall–Kier alpha value is -3.29. The lowest BCUT2D eigenvalue weighted by molar-refractivity contribution is -0.122. The number of nitrogens with zero attached hydrogens (tertiary/aromatic N) is 3. The van der Waals surface area contributed by atoms with Gasteiger partial charge in [-0.25, -0.2) is 4.98 Å². The number of hydrogen-bond acceptors (Lipinski definition) is 6. The minimum atomic E-state index is -0.412. The van der Waals surface area contributed by atoms with Crippen molar-refractivity contribution in [2.45, 2.75) is 25.7 Å². The number of carbonyl (C=O) groups excluding carboxylic acids is 2. The highest BCUT2D eigenvalue weighted by atomic mass is 16.7. The number of aromatic nitrogens is 1. The summed E-state index contributed by atoms with van der Waals surface area (Å²) >= 11 is 0. The molecule has 8 nitrogen and oxygen atoms in total. The third-order valence-electron chi connectivity index (χ3n) is 5.86. The van der Waals surface area contributed by atoms with Crippen LogP contribution in [-0.4, -0.2) is 43.2 Å². The summed E-state index contributed by atoms with van der Waals surface area (Å²) in [5.41, 5.74) is 1.36. The number of piperidine rings is 1. The zero-order valence-electron chi connectivity index (χ0n) is 16.7. The summed E-state index contributed by atoms with van der Waals surface area (Å²) in [6, 6.07) is 9.20. The van der Waals surface area contributed by atoms with Gasteiger partial charge in [0.2, 0.25) is 18.6 Å². The van der Waals surface area contributed by atoms with E-state index >= 15 is 0 Å². The molecule has 30 heavy (non-hydrogen) atoms. The summed E-state index contributed by atoms with van der Waals surface area (Å²) in [5.74, 6) is 1.57. The van der Waals surface area contributed by atoms with Gasteiger partial charge in [0, 0.05) is 37.8 Å². The summed E-state index contributed by atoms with van der Waals surface area (Å²) in [6.07, 6.45) is 5.52. The minimum absolute atomic E-state index is 0.0763. The first-order valence-corrected chi connectivity index (χ1v) is 10.4. The van der Waals surface area contributed by atoms with Gasteiger partial charge in [-0.05, 0) is 43.5 Å². The van der Waals surface area contributed by atoms with Gasteiger partial charge in [-0.2, -0.15) is 0 Å². The summed E-state index contributed by atoms with van der Waals surface area (Å²) in [4.78, 5) is 33.7. The SMILES string of the molecule is O=C(Nc1ccc(N2CCCCC2)nc1)[C@@H]1CC(=O)N(c2ccc3c(c2)OCO3)C1. The normalized spacial score (nSPS) is 20.5. The molecule has 2 fully saturated rings. The van der Waals surface area contributed by atoms with E-state index in [0.29, 0.717) is 29.4 Å². The number of hydrogen-bond donors (Lipinski definition) is 1. The number of benzene rings is 1. The second-order valence-electron chi connectivity index (χ2n) is 7.88. The van der Waals surface area contributed by atoms with Crippen molar-refractivity contribution >= 4 is 29.0 Å². The molecular weight excluding hydrogens is 384 g/mol. The van der Waals surface area contributed by atoms with Crippen LogP contribution in [0.25, 0.3) is 0 Å². The molecule has 3 aliphatic heterocycles. The summed E-state index contributed by atoms with van der Waals surface area (Å²) < 4.78 is 10.7. The molecule has 0 radical (unpaired) electrons. The van der Waals surface area contributed by atoms with Crippen molar-refractivity contribution < 1.29 is 19.1 Å². The zero-order chi connectivity index (χ0) is 20.5. The Morgan fingerprint density at radius 2 is 1.90 bits per heavy atom. The molecule has 1 N–H and O–H groups in total. The van der Waals surface area contributed by atoms with Gasteiger partial charge in [0.15, 0.2) is 11.5 Å². The van der Waals surface area contributed by atoms with E-state index in [-0.39, 0.29) is 25.0 Å². The van der Waals surface area contributed by atoms with E-state index in [9.17, 15) is 9.59 Å². The Kier molecular flexibility index (Phi) is 4.90. The van der Waals surface area contributed by atoms with Crippen molar-refractivity contribution in [3.63, 3.8) is 0 Å². The first-order chi connectivity index (χ1) is 14.7. The Bertz CT molecular complexity index is 956. The van der Waals surface area contributed by atoms with Gasteiger partial charge in [0.05, 0.1) is 17.8 Å². The van der Waals surface area contributed by atoms with Gasteiger partial charge >= 0.3 is 0 Å². The quantitative estimate of drug-likeness (QED) is 0.838. The first kappa shape index (κ1) is 18.7. The molecule has 0 spiro atoms. The van der Waals surface area contributed by atoms with Crippen LogP contribution < -0.4 is 24.6 Å². The molecule has 1 atom stereocenters. The highest BCUT2D eigenvalue weighted by Gasteiger charge is 2.35. The summed E-state index contributed by atoms with van der Waals surface area (Å²) in [7, 11) is 0. The highest BCUT2D eigenvalue weighted by Crippen LogP contribution is 2.37. The Balaban J connectivity index is 1.22. The second kappa shape index (κ2) is 7.85. The van der Waals surface area contributed by atoms with Crippen molar-refractivity contribution in [2.24, 2.45) is 5.92 Å². The van der Waals surface area contributed by atoms with Crippen LogP contribution in [-0.2, 0) is 9.59 Å². The number of nitrogens with one attached hydrogen (secondary N) is 1. The number of amides is 2. The lowest BCUT2D eigenvalue weighted by atomic mass is 10.1. The molecule has 0 bridgehead atoms. The van der Waals surface area contributed by atoms with Crippen molar-refractivity contribution in [2.75, 3.05) is 41.5 Å². The molecule has 0 unspecified atom stereocenters. The molecule has 2 aromatic rings. The minimum Gasteiger partial charge on any atom is -0.454 e. The fourth-order valence-corrected chi connectivity index (χ4v) is 4.20. The predicted octanol–water partition coefficient (Wildman–Crippen LogP) is 2.79. The van der Waals surface area contributed by atoms with E-state index in [2.05, 4.69) is 15.2 Å². The molecule has 2 saturated heterocycles. The summed E-state index contributed by atoms with van der Waals surface area (Å²) in [6.45, 7) is 2.57. The third-order valence-corrected chi connectivity index (χ3v) is 5.86. The second-order valence-corrected chi connectivity index (χ2v) is 7.88. The highest BCUT2D eigenvalue weighted by molar-refractivity contribution is 6.03. The molecule has 3 aliphatic rings. The number of rotatable bonds is 4. The number of ether oxygens (including phenoxy) is 2. The molecule has 156 valence electrons. The van der Waals surface area contributed by atoms with Crippen LogP contribution in [0, 0.1) is 5.92 Å². The largest absolute Gasteiger partial charge is 0.454 e. The van der Waals surface area contributed by atoms with Gasteiger partial charge in [-0.15, -0.1) is 0 Å². The Morgan fingerprint density at radius 1 is 1.07 bits per heavy atom. The Labute approximate surface area is 174 Å². The monoisotopic (exact) mass is 408 g/mol. The molecule has 4 heterocycles. The number of anilines is 3. The zero-order valence-corrected chi connectivity index (χ0v) is 16.7. The van der Waals surface area contributed by atoms with E-state index in [1.165, 1.54) is 19.3 Å². The average Bonchev–Trinajstić information content (AvgIpc) is 3.41. The van der Waals surface area contributed by atoms with E-state index in [4.69, 9.17) is 9.47 Å². The van der Waals surface area contributed by atoms with Crippen molar-refractivity contribution in [1.29, 1.82) is 0 Å². The molecule has 5 rings (SSSR count).